The van der Waals surface area contributed by atoms with Gasteiger partial charge in [0.1, 0.15) is 0 Å². The summed E-state index contributed by atoms with van der Waals surface area (Å²) in [4.78, 5) is 0. The number of nitrogens with zero attached hydrogens (tertiary/aromatic N) is 2. The topological polar surface area (TPSA) is 9.86 Å². The van der Waals surface area contributed by atoms with E-state index < -0.39 is 0 Å². The van der Waals surface area contributed by atoms with Crippen molar-refractivity contribution in [3.63, 3.8) is 0 Å². The van der Waals surface area contributed by atoms with Crippen LogP contribution in [0, 0.1) is 0 Å². The molecule has 9 aromatic carbocycles. The fourth-order valence-corrected chi connectivity index (χ4v) is 13.9. The summed E-state index contributed by atoms with van der Waals surface area (Å²) >= 11 is 0. The molecule has 0 saturated carbocycles. The van der Waals surface area contributed by atoms with Crippen molar-refractivity contribution in [3.8, 4) is 33.6 Å². The maximum Gasteiger partial charge on any atom is 0.252 e. The molecule has 0 fully saturated rings. The average Bonchev–Trinajstić information content (AvgIpc) is 3.94. The summed E-state index contributed by atoms with van der Waals surface area (Å²) in [7, 11) is 0. The van der Waals surface area contributed by atoms with E-state index in [1.54, 1.807) is 0 Å². The van der Waals surface area contributed by atoms with E-state index >= 15 is 0 Å². The zero-order valence-corrected chi connectivity index (χ0v) is 44.8. The molecule has 2 nitrogen and oxygen atoms in total. The maximum absolute atomic E-state index is 2.75. The monoisotopic (exact) mass is 933 g/mol. The molecule has 0 atom stereocenters. The summed E-state index contributed by atoms with van der Waals surface area (Å²) in [6.45, 7) is 33.6. The minimum absolute atomic E-state index is 0.00862. The summed E-state index contributed by atoms with van der Waals surface area (Å²) in [6.07, 6.45) is 0. The van der Waals surface area contributed by atoms with Crippen molar-refractivity contribution in [3.05, 3.63) is 173 Å². The first-order valence-electron chi connectivity index (χ1n) is 26.5. The smallest absolute Gasteiger partial charge is 0.252 e. The van der Waals surface area contributed by atoms with Gasteiger partial charge in [0.2, 0.25) is 0 Å². The Morgan fingerprint density at radius 2 is 0.861 bits per heavy atom. The van der Waals surface area contributed by atoms with Gasteiger partial charge in [0, 0.05) is 38.3 Å². The SMILES string of the molecule is CC(C)(C)c1cc(C(C)(C)C)c2c3c4ccccc4cc4c3n(c2c1)-c1cc(-c2ccc3c(c2)C(C)(C)c2ccccc2-3)cc2c1B4c1cc3ccccc3c3c4c(C(C)(C)C)cc(C(C)(C)C)cc4n-2c13. The predicted molar refractivity (Wildman–Crippen MR) is 313 cm³/mol. The Bertz CT molecular complexity index is 4050. The zero-order chi connectivity index (χ0) is 50.1. The van der Waals surface area contributed by atoms with Gasteiger partial charge >= 0.3 is 0 Å². The summed E-state index contributed by atoms with van der Waals surface area (Å²) in [5.41, 5.74) is 25.2. The van der Waals surface area contributed by atoms with Crippen molar-refractivity contribution in [2.75, 3.05) is 0 Å². The number of fused-ring (bicyclic) bond motifs is 17. The van der Waals surface area contributed by atoms with E-state index in [0.29, 0.717) is 0 Å². The van der Waals surface area contributed by atoms with E-state index in [4.69, 9.17) is 0 Å². The Morgan fingerprint density at radius 3 is 1.35 bits per heavy atom. The van der Waals surface area contributed by atoms with E-state index in [1.165, 1.54) is 149 Å². The third-order valence-corrected chi connectivity index (χ3v) is 17.6. The second kappa shape index (κ2) is 13.8. The van der Waals surface area contributed by atoms with E-state index in [9.17, 15) is 0 Å². The number of hydrogen-bond donors (Lipinski definition) is 0. The van der Waals surface area contributed by atoms with E-state index in [2.05, 4.69) is 246 Å². The van der Waals surface area contributed by atoms with Crippen molar-refractivity contribution in [2.24, 2.45) is 0 Å². The Morgan fingerprint density at radius 1 is 0.403 bits per heavy atom. The minimum Gasteiger partial charge on any atom is -0.310 e. The van der Waals surface area contributed by atoms with Gasteiger partial charge in [0.15, 0.2) is 0 Å². The fourth-order valence-electron chi connectivity index (χ4n) is 13.9. The Labute approximate surface area is 425 Å². The van der Waals surface area contributed by atoms with E-state index in [0.717, 1.165) is 0 Å². The van der Waals surface area contributed by atoms with Gasteiger partial charge in [-0.05, 0) is 146 Å². The zero-order valence-electron chi connectivity index (χ0n) is 44.8. The highest BCUT2D eigenvalue weighted by molar-refractivity contribution is 7.00. The Hall–Kier alpha value is -6.84. The molecule has 0 unspecified atom stereocenters. The lowest BCUT2D eigenvalue weighted by atomic mass is 9.34. The van der Waals surface area contributed by atoms with Crippen LogP contribution in [0.5, 0.6) is 0 Å². The van der Waals surface area contributed by atoms with Crippen LogP contribution in [0.15, 0.2) is 140 Å². The average molecular weight is 933 g/mol. The van der Waals surface area contributed by atoms with Crippen LogP contribution < -0.4 is 16.4 Å². The summed E-state index contributed by atoms with van der Waals surface area (Å²) < 4.78 is 5.50. The summed E-state index contributed by atoms with van der Waals surface area (Å²) in [6, 6.07) is 55.5. The number of aromatic nitrogens is 2. The highest BCUT2D eigenvalue weighted by Crippen LogP contribution is 2.52. The lowest BCUT2D eigenvalue weighted by molar-refractivity contribution is 0.572. The van der Waals surface area contributed by atoms with Gasteiger partial charge in [0.25, 0.3) is 6.71 Å². The van der Waals surface area contributed by atoms with Crippen LogP contribution in [-0.4, -0.2) is 15.8 Å². The van der Waals surface area contributed by atoms with Gasteiger partial charge in [-0.15, -0.1) is 0 Å². The van der Waals surface area contributed by atoms with E-state index in [1.807, 2.05) is 0 Å². The molecule has 0 bridgehead atoms. The Balaban J connectivity index is 1.24. The highest BCUT2D eigenvalue weighted by Gasteiger charge is 2.44. The summed E-state index contributed by atoms with van der Waals surface area (Å²) in [5, 5.41) is 10.8. The van der Waals surface area contributed by atoms with Crippen LogP contribution in [0.2, 0.25) is 0 Å². The molecule has 354 valence electrons. The third-order valence-electron chi connectivity index (χ3n) is 17.6. The molecule has 2 aromatic heterocycles. The summed E-state index contributed by atoms with van der Waals surface area (Å²) in [5.74, 6) is 0. The molecule has 0 radical (unpaired) electrons. The van der Waals surface area contributed by atoms with Crippen molar-refractivity contribution >= 4 is 88.3 Å². The molecule has 3 aliphatic rings. The molecule has 1 aliphatic carbocycles. The lowest BCUT2D eigenvalue weighted by Gasteiger charge is -2.35. The van der Waals surface area contributed by atoms with Gasteiger partial charge in [-0.25, -0.2) is 0 Å². The van der Waals surface area contributed by atoms with Crippen LogP contribution in [0.25, 0.3) is 98.8 Å². The minimum atomic E-state index is -0.124. The predicted octanol–water partition coefficient (Wildman–Crippen LogP) is 16.5. The largest absolute Gasteiger partial charge is 0.310 e. The first-order chi connectivity index (χ1) is 34.0. The molecule has 3 heteroatoms. The molecule has 2 aliphatic heterocycles. The molecule has 72 heavy (non-hydrogen) atoms. The first-order valence-corrected chi connectivity index (χ1v) is 26.5. The number of benzene rings is 9. The van der Waals surface area contributed by atoms with Crippen molar-refractivity contribution in [2.45, 2.75) is 124 Å². The van der Waals surface area contributed by atoms with Crippen molar-refractivity contribution in [1.29, 1.82) is 0 Å². The second-order valence-electron chi connectivity index (χ2n) is 26.6. The van der Waals surface area contributed by atoms with Gasteiger partial charge in [-0.2, -0.15) is 0 Å². The number of rotatable bonds is 1. The standard InChI is InChI=1S/C69H65BN2/c1-65(2,3)42-34-50(67(7,8)9)60-54(36-42)71-56-32-41(38-27-28-47-46-25-19-20-26-48(46)69(13,14)49(47)29-38)33-57-62(56)70(52-30-39-21-15-17-23-44(39)58(60)63(52)71)53-31-40-22-16-18-24-45(40)59-61-51(68(10,11)12)35-43(66(4,5)6)37-55(61)72(57)64(53)59/h15-37H,1-14H3. The van der Waals surface area contributed by atoms with Crippen LogP contribution in [0.1, 0.15) is 130 Å². The molecular formula is C69H65BN2. The molecule has 4 heterocycles. The second-order valence-corrected chi connectivity index (χ2v) is 26.6. The molecule has 14 rings (SSSR count). The molecular weight excluding hydrogens is 868 g/mol. The molecule has 0 saturated heterocycles. The van der Waals surface area contributed by atoms with Gasteiger partial charge in [-0.1, -0.05) is 206 Å². The molecule has 11 aromatic rings. The lowest BCUT2D eigenvalue weighted by Crippen LogP contribution is -2.59. The highest BCUT2D eigenvalue weighted by atomic mass is 15.0. The molecule has 0 spiro atoms. The third kappa shape index (κ3) is 5.69. The Kier molecular flexibility index (Phi) is 8.42. The van der Waals surface area contributed by atoms with Crippen LogP contribution in [-0.2, 0) is 27.1 Å². The maximum atomic E-state index is 2.75. The normalized spacial score (nSPS) is 14.9. The van der Waals surface area contributed by atoms with Crippen molar-refractivity contribution in [1.82, 2.24) is 9.13 Å². The fraction of sp³-hybridized carbons (Fsp3) is 0.275. The van der Waals surface area contributed by atoms with Gasteiger partial charge in [-0.3, -0.25) is 0 Å². The first kappa shape index (κ1) is 43.9. The molecule has 0 N–H and O–H groups in total. The van der Waals surface area contributed by atoms with Crippen molar-refractivity contribution < 1.29 is 0 Å². The van der Waals surface area contributed by atoms with Gasteiger partial charge < -0.3 is 9.13 Å². The number of hydrogen-bond acceptors (Lipinski definition) is 0. The van der Waals surface area contributed by atoms with Gasteiger partial charge in [0.05, 0.1) is 22.1 Å². The van der Waals surface area contributed by atoms with Crippen LogP contribution >= 0.6 is 0 Å². The van der Waals surface area contributed by atoms with Crippen LogP contribution in [0.3, 0.4) is 0 Å². The van der Waals surface area contributed by atoms with Crippen LogP contribution in [0.4, 0.5) is 0 Å². The molecule has 0 amide bonds. The van der Waals surface area contributed by atoms with E-state index in [-0.39, 0.29) is 33.8 Å². The quantitative estimate of drug-likeness (QED) is 0.145.